The molecule has 0 aliphatic carbocycles. The van der Waals surface area contributed by atoms with E-state index in [1.807, 2.05) is 53.4 Å². The molecule has 1 amide bonds. The van der Waals surface area contributed by atoms with Crippen molar-refractivity contribution in [1.29, 1.82) is 0 Å². The molecule has 2 heterocycles. The normalized spacial score (nSPS) is 13.7. The standard InChI is InChI=1S/C28H26ClN3O3S/c1-35-22-10-7-9-21(17-22)32-27(34)23-13-12-19(26(33)31-14-5-2-6-15-31)16-25(23)30-28(32)36-18-20-8-3-4-11-24(20)29/h3-4,7-13,16-17H,2,5-6,14-15,18H2,1H3. The van der Waals surface area contributed by atoms with Crippen molar-refractivity contribution in [3.63, 3.8) is 0 Å². The Morgan fingerprint density at radius 1 is 1.03 bits per heavy atom. The Labute approximate surface area is 218 Å². The summed E-state index contributed by atoms with van der Waals surface area (Å²) in [6.07, 6.45) is 3.19. The second kappa shape index (κ2) is 10.8. The number of benzene rings is 3. The lowest BCUT2D eigenvalue weighted by Gasteiger charge is -2.26. The van der Waals surface area contributed by atoms with Crippen LogP contribution in [0, 0.1) is 0 Å². The lowest BCUT2D eigenvalue weighted by Crippen LogP contribution is -2.35. The number of carbonyl (C=O) groups excluding carboxylic acids is 1. The maximum absolute atomic E-state index is 13.8. The molecular weight excluding hydrogens is 494 g/mol. The molecule has 0 atom stereocenters. The molecule has 1 aliphatic rings. The number of halogens is 1. The molecule has 0 spiro atoms. The number of piperidine rings is 1. The van der Waals surface area contributed by atoms with Crippen molar-refractivity contribution < 1.29 is 9.53 Å². The van der Waals surface area contributed by atoms with Crippen LogP contribution in [0.15, 0.2) is 76.7 Å². The molecule has 1 saturated heterocycles. The van der Waals surface area contributed by atoms with Crippen molar-refractivity contribution in [2.24, 2.45) is 0 Å². The first kappa shape index (κ1) is 24.4. The number of likely N-dealkylation sites (tertiary alicyclic amines) is 1. The van der Waals surface area contributed by atoms with E-state index in [-0.39, 0.29) is 11.5 Å². The van der Waals surface area contributed by atoms with Gasteiger partial charge in [-0.1, -0.05) is 47.6 Å². The fourth-order valence-electron chi connectivity index (χ4n) is 4.41. The van der Waals surface area contributed by atoms with Gasteiger partial charge in [-0.25, -0.2) is 4.98 Å². The van der Waals surface area contributed by atoms with Crippen molar-refractivity contribution in [3.05, 3.63) is 93.2 Å². The van der Waals surface area contributed by atoms with Crippen molar-refractivity contribution in [1.82, 2.24) is 14.5 Å². The zero-order chi connectivity index (χ0) is 25.1. The minimum atomic E-state index is -0.202. The van der Waals surface area contributed by atoms with Crippen molar-refractivity contribution in [2.75, 3.05) is 20.2 Å². The summed E-state index contributed by atoms with van der Waals surface area (Å²) in [5, 5.41) is 1.63. The Morgan fingerprint density at radius 2 is 1.83 bits per heavy atom. The molecule has 5 rings (SSSR count). The first-order chi connectivity index (χ1) is 17.5. The average Bonchev–Trinajstić information content (AvgIpc) is 2.92. The number of thioether (sulfide) groups is 1. The molecule has 1 fully saturated rings. The van der Waals surface area contributed by atoms with E-state index in [2.05, 4.69) is 0 Å². The van der Waals surface area contributed by atoms with Crippen LogP contribution >= 0.6 is 23.4 Å². The van der Waals surface area contributed by atoms with E-state index in [1.165, 1.54) is 11.8 Å². The molecule has 0 saturated carbocycles. The van der Waals surface area contributed by atoms with Gasteiger partial charge in [-0.05, 0) is 61.2 Å². The average molecular weight is 520 g/mol. The lowest BCUT2D eigenvalue weighted by atomic mass is 10.1. The van der Waals surface area contributed by atoms with Crippen LogP contribution < -0.4 is 10.3 Å². The molecule has 6 nitrogen and oxygen atoms in total. The summed E-state index contributed by atoms with van der Waals surface area (Å²) in [6.45, 7) is 1.53. The number of carbonyl (C=O) groups is 1. The van der Waals surface area contributed by atoms with Crippen LogP contribution in [0.2, 0.25) is 5.02 Å². The zero-order valence-electron chi connectivity index (χ0n) is 19.9. The third-order valence-corrected chi connectivity index (χ3v) is 7.71. The number of aromatic nitrogens is 2. The van der Waals surface area contributed by atoms with Gasteiger partial charge in [-0.15, -0.1) is 0 Å². The number of amides is 1. The molecule has 0 bridgehead atoms. The van der Waals surface area contributed by atoms with E-state index in [0.29, 0.717) is 43.8 Å². The molecule has 0 N–H and O–H groups in total. The fraction of sp³-hybridized carbons (Fsp3) is 0.250. The number of nitrogens with zero attached hydrogens (tertiary/aromatic N) is 3. The fourth-order valence-corrected chi connectivity index (χ4v) is 5.71. The number of hydrogen-bond donors (Lipinski definition) is 0. The monoisotopic (exact) mass is 519 g/mol. The Kier molecular flexibility index (Phi) is 7.30. The molecule has 184 valence electrons. The van der Waals surface area contributed by atoms with Gasteiger partial charge in [0.15, 0.2) is 5.16 Å². The highest BCUT2D eigenvalue weighted by atomic mass is 35.5. The third-order valence-electron chi connectivity index (χ3n) is 6.35. The predicted octanol–water partition coefficient (Wildman–Crippen LogP) is 5.97. The highest BCUT2D eigenvalue weighted by Gasteiger charge is 2.20. The Morgan fingerprint density at radius 3 is 2.61 bits per heavy atom. The number of fused-ring (bicyclic) bond motifs is 1. The molecule has 0 radical (unpaired) electrons. The molecule has 1 aliphatic heterocycles. The Balaban J connectivity index is 1.60. The highest BCUT2D eigenvalue weighted by Crippen LogP contribution is 2.29. The van der Waals surface area contributed by atoms with Crippen LogP contribution in [-0.2, 0) is 5.75 Å². The molecule has 1 aromatic heterocycles. The van der Waals surface area contributed by atoms with Crippen LogP contribution in [0.25, 0.3) is 16.6 Å². The zero-order valence-corrected chi connectivity index (χ0v) is 21.5. The van der Waals surface area contributed by atoms with Gasteiger partial charge in [0.2, 0.25) is 0 Å². The number of rotatable bonds is 6. The molecule has 0 unspecified atom stereocenters. The van der Waals surface area contributed by atoms with Gasteiger partial charge in [0, 0.05) is 35.5 Å². The van der Waals surface area contributed by atoms with Crippen LogP contribution in [-0.4, -0.2) is 40.6 Å². The second-order valence-electron chi connectivity index (χ2n) is 8.70. The molecular formula is C28H26ClN3O3S. The maximum atomic E-state index is 13.8. The van der Waals surface area contributed by atoms with E-state index in [9.17, 15) is 9.59 Å². The van der Waals surface area contributed by atoms with Gasteiger partial charge in [-0.3, -0.25) is 14.2 Å². The first-order valence-corrected chi connectivity index (χ1v) is 13.3. The molecule has 3 aromatic carbocycles. The minimum Gasteiger partial charge on any atom is -0.497 e. The van der Waals surface area contributed by atoms with Crippen molar-refractivity contribution in [3.8, 4) is 11.4 Å². The van der Waals surface area contributed by atoms with E-state index in [1.54, 1.807) is 29.9 Å². The van der Waals surface area contributed by atoms with Gasteiger partial charge in [-0.2, -0.15) is 0 Å². The summed E-state index contributed by atoms with van der Waals surface area (Å²) < 4.78 is 6.98. The van der Waals surface area contributed by atoms with Crippen molar-refractivity contribution in [2.45, 2.75) is 30.2 Å². The largest absolute Gasteiger partial charge is 0.497 e. The molecule has 8 heteroatoms. The smallest absolute Gasteiger partial charge is 0.266 e. The van der Waals surface area contributed by atoms with Gasteiger partial charge in [0.05, 0.1) is 23.7 Å². The molecule has 4 aromatic rings. The van der Waals surface area contributed by atoms with Crippen LogP contribution in [0.5, 0.6) is 5.75 Å². The first-order valence-electron chi connectivity index (χ1n) is 11.9. The van der Waals surface area contributed by atoms with E-state index >= 15 is 0 Å². The number of ether oxygens (including phenoxy) is 1. The quantitative estimate of drug-likeness (QED) is 0.232. The number of hydrogen-bond acceptors (Lipinski definition) is 5. The SMILES string of the molecule is COc1cccc(-n2c(SCc3ccccc3Cl)nc3cc(C(=O)N4CCCCC4)ccc3c2=O)c1. The molecule has 36 heavy (non-hydrogen) atoms. The van der Waals surface area contributed by atoms with E-state index < -0.39 is 0 Å². The summed E-state index contributed by atoms with van der Waals surface area (Å²) in [4.78, 5) is 33.6. The summed E-state index contributed by atoms with van der Waals surface area (Å²) >= 11 is 7.81. The predicted molar refractivity (Wildman–Crippen MR) is 145 cm³/mol. The summed E-state index contributed by atoms with van der Waals surface area (Å²) in [5.41, 5.74) is 2.46. The van der Waals surface area contributed by atoms with E-state index in [0.717, 1.165) is 37.9 Å². The van der Waals surface area contributed by atoms with Crippen LogP contribution in [0.1, 0.15) is 35.2 Å². The maximum Gasteiger partial charge on any atom is 0.266 e. The van der Waals surface area contributed by atoms with Gasteiger partial charge in [0.25, 0.3) is 11.5 Å². The Bertz CT molecular complexity index is 1480. The lowest BCUT2D eigenvalue weighted by molar-refractivity contribution is 0.0724. The van der Waals surface area contributed by atoms with Gasteiger partial charge in [0.1, 0.15) is 5.75 Å². The Hall–Kier alpha value is -3.29. The van der Waals surface area contributed by atoms with Gasteiger partial charge >= 0.3 is 0 Å². The minimum absolute atomic E-state index is 0.0133. The summed E-state index contributed by atoms with van der Waals surface area (Å²) in [7, 11) is 1.59. The summed E-state index contributed by atoms with van der Waals surface area (Å²) in [5.74, 6) is 1.17. The van der Waals surface area contributed by atoms with Gasteiger partial charge < -0.3 is 9.64 Å². The van der Waals surface area contributed by atoms with E-state index in [4.69, 9.17) is 21.3 Å². The van der Waals surface area contributed by atoms with Crippen LogP contribution in [0.4, 0.5) is 0 Å². The number of methoxy groups -OCH3 is 1. The third kappa shape index (κ3) is 4.99. The highest BCUT2D eigenvalue weighted by molar-refractivity contribution is 7.98. The summed E-state index contributed by atoms with van der Waals surface area (Å²) in [6, 6.07) is 20.1. The second-order valence-corrected chi connectivity index (χ2v) is 10.1. The van der Waals surface area contributed by atoms with Crippen LogP contribution in [0.3, 0.4) is 0 Å². The van der Waals surface area contributed by atoms with Crippen molar-refractivity contribution >= 4 is 40.2 Å². The topological polar surface area (TPSA) is 64.4 Å².